The lowest BCUT2D eigenvalue weighted by molar-refractivity contribution is 0.469. The van der Waals surface area contributed by atoms with Crippen LogP contribution in [-0.4, -0.2) is 24.8 Å². The van der Waals surface area contributed by atoms with Crippen molar-refractivity contribution in [2.75, 3.05) is 12.5 Å². The summed E-state index contributed by atoms with van der Waals surface area (Å²) < 4.78 is 26.8. The number of hydrazine groups is 1. The summed E-state index contributed by atoms with van der Waals surface area (Å²) in [6.07, 6.45) is 1.47. The Hall–Kier alpha value is -1.19. The summed E-state index contributed by atoms with van der Waals surface area (Å²) in [6, 6.07) is 6.53. The maximum Gasteiger partial charge on any atom is 0.246 e. The normalized spacial score (nSPS) is 11.8. The van der Waals surface area contributed by atoms with Crippen molar-refractivity contribution in [1.82, 2.24) is 9.29 Å². The molecule has 6 nitrogen and oxygen atoms in total. The molecular formula is C11H13ClN4O2S2. The van der Waals surface area contributed by atoms with Gasteiger partial charge in [0.25, 0.3) is 0 Å². The van der Waals surface area contributed by atoms with E-state index >= 15 is 0 Å². The van der Waals surface area contributed by atoms with Gasteiger partial charge in [0.15, 0.2) is 5.82 Å². The average Bonchev–Trinajstić information content (AvgIpc) is 2.84. The second-order valence-electron chi connectivity index (χ2n) is 3.96. The SMILES string of the molecule is CN(Cc1ccc(Cl)s1)S(=O)(=O)c1cccnc1NN. The highest BCUT2D eigenvalue weighted by atomic mass is 35.5. The van der Waals surface area contributed by atoms with E-state index in [2.05, 4.69) is 10.4 Å². The Labute approximate surface area is 126 Å². The molecule has 0 aliphatic heterocycles. The molecule has 0 bridgehead atoms. The van der Waals surface area contributed by atoms with Gasteiger partial charge in [0, 0.05) is 24.7 Å². The Kier molecular flexibility index (Phi) is 4.61. The number of thiophene rings is 1. The molecule has 0 saturated heterocycles. The smallest absolute Gasteiger partial charge is 0.246 e. The van der Waals surface area contributed by atoms with Crippen LogP contribution in [0, 0.1) is 0 Å². The van der Waals surface area contributed by atoms with Gasteiger partial charge in [-0.15, -0.1) is 11.3 Å². The van der Waals surface area contributed by atoms with Crippen LogP contribution in [-0.2, 0) is 16.6 Å². The number of hydrogen-bond donors (Lipinski definition) is 2. The van der Waals surface area contributed by atoms with Gasteiger partial charge in [0.05, 0.1) is 4.34 Å². The summed E-state index contributed by atoms with van der Waals surface area (Å²) in [4.78, 5) is 4.79. The fraction of sp³-hybridized carbons (Fsp3) is 0.182. The van der Waals surface area contributed by atoms with Gasteiger partial charge in [-0.2, -0.15) is 4.31 Å². The Morgan fingerprint density at radius 2 is 2.20 bits per heavy atom. The molecule has 0 aliphatic carbocycles. The van der Waals surface area contributed by atoms with Gasteiger partial charge in [0.1, 0.15) is 4.90 Å². The Morgan fingerprint density at radius 3 is 2.80 bits per heavy atom. The number of sulfonamides is 1. The van der Waals surface area contributed by atoms with Crippen LogP contribution in [0.1, 0.15) is 4.88 Å². The number of nitrogen functional groups attached to an aromatic ring is 1. The summed E-state index contributed by atoms with van der Waals surface area (Å²) >= 11 is 7.18. The molecule has 20 heavy (non-hydrogen) atoms. The quantitative estimate of drug-likeness (QED) is 0.645. The van der Waals surface area contributed by atoms with E-state index in [1.54, 1.807) is 18.2 Å². The number of nitrogens with zero attached hydrogens (tertiary/aromatic N) is 2. The van der Waals surface area contributed by atoms with Crippen LogP contribution in [0.2, 0.25) is 4.34 Å². The van der Waals surface area contributed by atoms with E-state index in [1.807, 2.05) is 0 Å². The lowest BCUT2D eigenvalue weighted by Gasteiger charge is -2.17. The van der Waals surface area contributed by atoms with Crippen LogP contribution in [0.5, 0.6) is 0 Å². The van der Waals surface area contributed by atoms with Crippen molar-refractivity contribution in [3.05, 3.63) is 39.7 Å². The first-order chi connectivity index (χ1) is 9.45. The zero-order chi connectivity index (χ0) is 14.8. The molecule has 9 heteroatoms. The fourth-order valence-electron chi connectivity index (χ4n) is 1.62. The number of anilines is 1. The third-order valence-electron chi connectivity index (χ3n) is 2.60. The summed E-state index contributed by atoms with van der Waals surface area (Å²) in [6.45, 7) is 0.235. The van der Waals surface area contributed by atoms with Crippen molar-refractivity contribution in [3.8, 4) is 0 Å². The van der Waals surface area contributed by atoms with Crippen LogP contribution in [0.15, 0.2) is 35.4 Å². The minimum absolute atomic E-state index is 0.0349. The van der Waals surface area contributed by atoms with E-state index in [9.17, 15) is 8.42 Å². The molecule has 3 N–H and O–H groups in total. The molecule has 0 aromatic carbocycles. The summed E-state index contributed by atoms with van der Waals surface area (Å²) in [7, 11) is -2.18. The minimum Gasteiger partial charge on any atom is -0.307 e. The lowest BCUT2D eigenvalue weighted by atomic mass is 10.5. The van der Waals surface area contributed by atoms with Crippen molar-refractivity contribution in [2.24, 2.45) is 5.84 Å². The molecule has 0 unspecified atom stereocenters. The predicted octanol–water partition coefficient (Wildman–Crippen LogP) is 1.90. The second-order valence-corrected chi connectivity index (χ2v) is 7.77. The molecule has 108 valence electrons. The molecule has 0 saturated carbocycles. The number of nitrogens with two attached hydrogens (primary N) is 1. The topological polar surface area (TPSA) is 88.3 Å². The molecule has 2 heterocycles. The van der Waals surface area contributed by atoms with Gasteiger partial charge < -0.3 is 5.43 Å². The monoisotopic (exact) mass is 332 g/mol. The third-order valence-corrected chi connectivity index (χ3v) is 5.65. The minimum atomic E-state index is -3.68. The number of hydrogen-bond acceptors (Lipinski definition) is 6. The number of rotatable bonds is 5. The van der Waals surface area contributed by atoms with Crippen molar-refractivity contribution in [1.29, 1.82) is 0 Å². The van der Waals surface area contributed by atoms with Crippen LogP contribution >= 0.6 is 22.9 Å². The molecule has 2 aromatic heterocycles. The van der Waals surface area contributed by atoms with Gasteiger partial charge in [-0.05, 0) is 24.3 Å². The van der Waals surface area contributed by atoms with Crippen LogP contribution in [0.25, 0.3) is 0 Å². The first kappa shape index (κ1) is 15.2. The molecular weight excluding hydrogens is 320 g/mol. The second kappa shape index (κ2) is 6.06. The maximum atomic E-state index is 12.5. The van der Waals surface area contributed by atoms with E-state index in [0.29, 0.717) is 4.34 Å². The molecule has 2 aromatic rings. The number of halogens is 1. The van der Waals surface area contributed by atoms with E-state index in [0.717, 1.165) is 4.88 Å². The molecule has 0 aliphatic rings. The third kappa shape index (κ3) is 3.10. The van der Waals surface area contributed by atoms with Gasteiger partial charge in [0.2, 0.25) is 10.0 Å². The van der Waals surface area contributed by atoms with Crippen LogP contribution in [0.4, 0.5) is 5.82 Å². The Morgan fingerprint density at radius 1 is 1.45 bits per heavy atom. The van der Waals surface area contributed by atoms with Gasteiger partial charge in [-0.3, -0.25) is 0 Å². The van der Waals surface area contributed by atoms with Gasteiger partial charge in [-0.1, -0.05) is 11.6 Å². The average molecular weight is 333 g/mol. The molecule has 0 radical (unpaired) electrons. The Bertz CT molecular complexity index is 702. The van der Waals surface area contributed by atoms with Crippen molar-refractivity contribution in [2.45, 2.75) is 11.4 Å². The zero-order valence-electron chi connectivity index (χ0n) is 10.6. The summed E-state index contributed by atoms with van der Waals surface area (Å²) in [5, 5.41) is 0. The van der Waals surface area contributed by atoms with E-state index < -0.39 is 10.0 Å². The Balaban J connectivity index is 2.29. The van der Waals surface area contributed by atoms with E-state index in [4.69, 9.17) is 17.4 Å². The van der Waals surface area contributed by atoms with Crippen molar-refractivity contribution >= 4 is 38.8 Å². The highest BCUT2D eigenvalue weighted by molar-refractivity contribution is 7.89. The number of pyridine rings is 1. The predicted molar refractivity (Wildman–Crippen MR) is 80.0 cm³/mol. The highest BCUT2D eigenvalue weighted by Crippen LogP contribution is 2.26. The summed E-state index contributed by atoms with van der Waals surface area (Å²) in [5.41, 5.74) is 2.29. The molecule has 2 rings (SSSR count). The summed E-state index contributed by atoms with van der Waals surface area (Å²) in [5.74, 6) is 5.41. The standard InChI is InChI=1S/C11H13ClN4O2S2/c1-16(7-8-4-5-10(12)19-8)20(17,18)9-3-2-6-14-11(9)15-13/h2-6H,7,13H2,1H3,(H,14,15). The maximum absolute atomic E-state index is 12.5. The molecule has 0 amide bonds. The number of nitrogens with one attached hydrogen (secondary N) is 1. The highest BCUT2D eigenvalue weighted by Gasteiger charge is 2.24. The zero-order valence-corrected chi connectivity index (χ0v) is 13.0. The van der Waals surface area contributed by atoms with E-state index in [-0.39, 0.29) is 17.3 Å². The molecule has 0 atom stereocenters. The van der Waals surface area contributed by atoms with E-state index in [1.165, 1.54) is 35.0 Å². The van der Waals surface area contributed by atoms with Crippen LogP contribution < -0.4 is 11.3 Å². The number of aromatic nitrogens is 1. The molecule has 0 fully saturated rings. The van der Waals surface area contributed by atoms with Gasteiger partial charge >= 0.3 is 0 Å². The van der Waals surface area contributed by atoms with Crippen molar-refractivity contribution in [3.63, 3.8) is 0 Å². The van der Waals surface area contributed by atoms with Crippen LogP contribution in [0.3, 0.4) is 0 Å². The largest absolute Gasteiger partial charge is 0.307 e. The van der Waals surface area contributed by atoms with Crippen molar-refractivity contribution < 1.29 is 8.42 Å². The lowest BCUT2D eigenvalue weighted by Crippen LogP contribution is -2.27. The van der Waals surface area contributed by atoms with Gasteiger partial charge in [-0.25, -0.2) is 19.2 Å². The first-order valence-corrected chi connectivity index (χ1v) is 8.21. The first-order valence-electron chi connectivity index (χ1n) is 5.57. The molecule has 0 spiro atoms. The fourth-order valence-corrected chi connectivity index (χ4v) is 4.09.